The minimum atomic E-state index is -3.71. The molecule has 2 aromatic heterocycles. The first-order valence-corrected chi connectivity index (χ1v) is 9.72. The van der Waals surface area contributed by atoms with Crippen LogP contribution in [0, 0.1) is 27.7 Å². The molecular weight excluding hydrogens is 344 g/mol. The SMILES string of the molecule is Cc1ccc(-c2csc(NS(=O)(=O)c3c(C)n[nH]c3C)n2)c(C)c1. The first-order valence-electron chi connectivity index (χ1n) is 7.35. The van der Waals surface area contributed by atoms with Crippen LogP contribution in [0.4, 0.5) is 5.13 Å². The molecule has 0 saturated carbocycles. The number of aromatic nitrogens is 3. The number of aromatic amines is 1. The van der Waals surface area contributed by atoms with Crippen molar-refractivity contribution in [2.75, 3.05) is 4.72 Å². The summed E-state index contributed by atoms with van der Waals surface area (Å²) in [6, 6.07) is 6.10. The fraction of sp³-hybridized carbons (Fsp3) is 0.250. The molecule has 0 aliphatic heterocycles. The Balaban J connectivity index is 1.92. The third-order valence-corrected chi connectivity index (χ3v) is 6.20. The Morgan fingerprint density at radius 1 is 1.17 bits per heavy atom. The Kier molecular flexibility index (Phi) is 4.18. The number of H-pyrrole nitrogens is 1. The number of aryl methyl sites for hydroxylation is 4. The Labute approximate surface area is 145 Å². The van der Waals surface area contributed by atoms with Gasteiger partial charge >= 0.3 is 0 Å². The zero-order chi connectivity index (χ0) is 17.5. The molecule has 0 unspecified atom stereocenters. The Morgan fingerprint density at radius 2 is 1.92 bits per heavy atom. The molecule has 0 atom stereocenters. The van der Waals surface area contributed by atoms with Gasteiger partial charge in [-0.1, -0.05) is 23.8 Å². The maximum Gasteiger partial charge on any atom is 0.267 e. The minimum Gasteiger partial charge on any atom is -0.281 e. The van der Waals surface area contributed by atoms with E-state index in [0.717, 1.165) is 16.8 Å². The molecule has 8 heteroatoms. The summed E-state index contributed by atoms with van der Waals surface area (Å²) in [6.07, 6.45) is 0. The highest BCUT2D eigenvalue weighted by Crippen LogP contribution is 2.29. The molecule has 0 amide bonds. The lowest BCUT2D eigenvalue weighted by atomic mass is 10.0. The highest BCUT2D eigenvalue weighted by Gasteiger charge is 2.23. The Bertz CT molecular complexity index is 984. The van der Waals surface area contributed by atoms with Crippen molar-refractivity contribution in [2.24, 2.45) is 0 Å². The van der Waals surface area contributed by atoms with E-state index in [-0.39, 0.29) is 4.90 Å². The number of thiazole rings is 1. The predicted molar refractivity (Wildman–Crippen MR) is 95.9 cm³/mol. The summed E-state index contributed by atoms with van der Waals surface area (Å²) in [6.45, 7) is 7.38. The highest BCUT2D eigenvalue weighted by molar-refractivity contribution is 7.93. The second-order valence-corrected chi connectivity index (χ2v) is 8.20. The molecule has 3 rings (SSSR count). The van der Waals surface area contributed by atoms with Crippen LogP contribution in [0.2, 0.25) is 0 Å². The molecule has 126 valence electrons. The van der Waals surface area contributed by atoms with Gasteiger partial charge in [0.05, 0.1) is 17.1 Å². The normalized spacial score (nSPS) is 11.7. The summed E-state index contributed by atoms with van der Waals surface area (Å²) in [5, 5.41) is 8.81. The van der Waals surface area contributed by atoms with Crippen LogP contribution >= 0.6 is 11.3 Å². The van der Waals surface area contributed by atoms with Gasteiger partial charge in [-0.05, 0) is 33.3 Å². The van der Waals surface area contributed by atoms with Gasteiger partial charge in [0.25, 0.3) is 10.0 Å². The van der Waals surface area contributed by atoms with Crippen LogP contribution in [0.25, 0.3) is 11.3 Å². The maximum atomic E-state index is 12.6. The molecule has 6 nitrogen and oxygen atoms in total. The van der Waals surface area contributed by atoms with Crippen molar-refractivity contribution < 1.29 is 8.42 Å². The maximum absolute atomic E-state index is 12.6. The van der Waals surface area contributed by atoms with Crippen molar-refractivity contribution in [3.8, 4) is 11.3 Å². The summed E-state index contributed by atoms with van der Waals surface area (Å²) in [5.74, 6) is 0. The number of nitrogens with one attached hydrogen (secondary N) is 2. The molecule has 1 aromatic carbocycles. The van der Waals surface area contributed by atoms with E-state index in [1.807, 2.05) is 31.4 Å². The lowest BCUT2D eigenvalue weighted by Crippen LogP contribution is -2.14. The number of rotatable bonds is 4. The molecule has 2 N–H and O–H groups in total. The van der Waals surface area contributed by atoms with Gasteiger partial charge in [-0.25, -0.2) is 13.4 Å². The molecule has 0 radical (unpaired) electrons. The second-order valence-electron chi connectivity index (χ2n) is 5.72. The zero-order valence-corrected chi connectivity index (χ0v) is 15.5. The average molecular weight is 362 g/mol. The van der Waals surface area contributed by atoms with E-state index in [4.69, 9.17) is 0 Å². The monoisotopic (exact) mass is 362 g/mol. The predicted octanol–water partition coefficient (Wildman–Crippen LogP) is 3.57. The van der Waals surface area contributed by atoms with Crippen LogP contribution in [0.15, 0.2) is 28.5 Å². The van der Waals surface area contributed by atoms with E-state index >= 15 is 0 Å². The lowest BCUT2D eigenvalue weighted by Gasteiger charge is -2.05. The van der Waals surface area contributed by atoms with Crippen molar-refractivity contribution in [3.05, 3.63) is 46.1 Å². The topological polar surface area (TPSA) is 87.7 Å². The van der Waals surface area contributed by atoms with Crippen LogP contribution in [0.1, 0.15) is 22.5 Å². The van der Waals surface area contributed by atoms with Crippen LogP contribution in [-0.2, 0) is 10.0 Å². The lowest BCUT2D eigenvalue weighted by molar-refractivity contribution is 0.600. The Hall–Kier alpha value is -2.19. The quantitative estimate of drug-likeness (QED) is 0.743. The minimum absolute atomic E-state index is 0.172. The molecule has 0 saturated heterocycles. The van der Waals surface area contributed by atoms with Gasteiger partial charge in [-0.3, -0.25) is 9.82 Å². The van der Waals surface area contributed by atoms with Gasteiger partial charge in [0, 0.05) is 10.9 Å². The van der Waals surface area contributed by atoms with Crippen LogP contribution in [0.3, 0.4) is 0 Å². The molecule has 3 aromatic rings. The summed E-state index contributed by atoms with van der Waals surface area (Å²) < 4.78 is 27.7. The summed E-state index contributed by atoms with van der Waals surface area (Å²) in [7, 11) is -3.71. The summed E-state index contributed by atoms with van der Waals surface area (Å²) in [5.41, 5.74) is 4.99. The van der Waals surface area contributed by atoms with Gasteiger partial charge in [0.15, 0.2) is 5.13 Å². The Morgan fingerprint density at radius 3 is 2.54 bits per heavy atom. The van der Waals surface area contributed by atoms with Crippen molar-refractivity contribution in [2.45, 2.75) is 32.6 Å². The molecule has 0 spiro atoms. The van der Waals surface area contributed by atoms with E-state index in [2.05, 4.69) is 26.0 Å². The van der Waals surface area contributed by atoms with Gasteiger partial charge in [-0.15, -0.1) is 11.3 Å². The zero-order valence-electron chi connectivity index (χ0n) is 13.8. The first-order chi connectivity index (χ1) is 11.3. The molecule has 0 aliphatic rings. The molecule has 24 heavy (non-hydrogen) atoms. The van der Waals surface area contributed by atoms with Crippen molar-refractivity contribution in [1.82, 2.24) is 15.2 Å². The van der Waals surface area contributed by atoms with Gasteiger partial charge in [0.1, 0.15) is 4.90 Å². The van der Waals surface area contributed by atoms with E-state index in [1.54, 1.807) is 13.8 Å². The van der Waals surface area contributed by atoms with Crippen molar-refractivity contribution >= 4 is 26.5 Å². The molecule has 0 bridgehead atoms. The first kappa shape index (κ1) is 16.7. The number of benzene rings is 1. The van der Waals surface area contributed by atoms with Crippen molar-refractivity contribution in [1.29, 1.82) is 0 Å². The molecular formula is C16H18N4O2S2. The van der Waals surface area contributed by atoms with Crippen LogP contribution < -0.4 is 4.72 Å². The number of hydrogen-bond acceptors (Lipinski definition) is 5. The smallest absolute Gasteiger partial charge is 0.267 e. The van der Waals surface area contributed by atoms with Gasteiger partial charge in [-0.2, -0.15) is 5.10 Å². The average Bonchev–Trinajstić information content (AvgIpc) is 3.05. The number of sulfonamides is 1. The van der Waals surface area contributed by atoms with Crippen LogP contribution in [-0.4, -0.2) is 23.6 Å². The highest BCUT2D eigenvalue weighted by atomic mass is 32.2. The van der Waals surface area contributed by atoms with E-state index in [1.165, 1.54) is 16.9 Å². The van der Waals surface area contributed by atoms with E-state index in [0.29, 0.717) is 16.5 Å². The standard InChI is InChI=1S/C16H18N4O2S2/c1-9-5-6-13(10(2)7-9)14-8-23-16(17-14)20-24(21,22)15-11(3)18-19-12(15)4/h5-8H,1-4H3,(H,17,20)(H,18,19). The molecule has 2 heterocycles. The number of anilines is 1. The summed E-state index contributed by atoms with van der Waals surface area (Å²) in [4.78, 5) is 4.60. The summed E-state index contributed by atoms with van der Waals surface area (Å²) >= 11 is 1.26. The van der Waals surface area contributed by atoms with Gasteiger partial charge < -0.3 is 0 Å². The molecule has 0 fully saturated rings. The van der Waals surface area contributed by atoms with Crippen LogP contribution in [0.5, 0.6) is 0 Å². The largest absolute Gasteiger partial charge is 0.281 e. The van der Waals surface area contributed by atoms with E-state index in [9.17, 15) is 8.42 Å². The fourth-order valence-corrected chi connectivity index (χ4v) is 4.98. The molecule has 0 aliphatic carbocycles. The number of hydrogen-bond donors (Lipinski definition) is 2. The number of nitrogens with zero attached hydrogens (tertiary/aromatic N) is 2. The van der Waals surface area contributed by atoms with E-state index < -0.39 is 10.0 Å². The second kappa shape index (κ2) is 6.03. The fourth-order valence-electron chi connectivity index (χ4n) is 2.65. The third-order valence-electron chi connectivity index (χ3n) is 3.71. The van der Waals surface area contributed by atoms with Gasteiger partial charge in [0.2, 0.25) is 0 Å². The third kappa shape index (κ3) is 3.07. The van der Waals surface area contributed by atoms with Crippen molar-refractivity contribution in [3.63, 3.8) is 0 Å².